The molecule has 5 nitrogen and oxygen atoms in total. The second kappa shape index (κ2) is 8.47. The summed E-state index contributed by atoms with van der Waals surface area (Å²) in [5.74, 6) is 0.507. The number of benzene rings is 1. The number of aryl methyl sites for hydroxylation is 1. The Kier molecular flexibility index (Phi) is 6.93. The van der Waals surface area contributed by atoms with Crippen molar-refractivity contribution < 1.29 is 19.4 Å². The molecular weight excluding hydrogens is 278 g/mol. The first-order valence-electron chi connectivity index (χ1n) is 6.22. The number of hydrogen-bond acceptors (Lipinski definition) is 4. The van der Waals surface area contributed by atoms with E-state index >= 15 is 0 Å². The van der Waals surface area contributed by atoms with Gasteiger partial charge in [0, 0.05) is 12.3 Å². The van der Waals surface area contributed by atoms with E-state index in [1.807, 2.05) is 25.1 Å². The highest BCUT2D eigenvalue weighted by Gasteiger charge is 2.06. The van der Waals surface area contributed by atoms with Crippen molar-refractivity contribution in [1.29, 1.82) is 0 Å². The predicted octanol–water partition coefficient (Wildman–Crippen LogP) is 1.48. The van der Waals surface area contributed by atoms with Gasteiger partial charge in [-0.3, -0.25) is 9.59 Å². The van der Waals surface area contributed by atoms with Crippen molar-refractivity contribution in [2.24, 2.45) is 0 Å². The van der Waals surface area contributed by atoms with E-state index in [9.17, 15) is 9.59 Å². The fraction of sp³-hybridized carbons (Fsp3) is 0.429. The molecule has 0 saturated heterocycles. The zero-order valence-electron chi connectivity index (χ0n) is 11.6. The number of methoxy groups -OCH3 is 1. The van der Waals surface area contributed by atoms with Crippen LogP contribution in [0.4, 0.5) is 0 Å². The van der Waals surface area contributed by atoms with E-state index in [-0.39, 0.29) is 11.7 Å². The lowest BCUT2D eigenvalue weighted by Crippen LogP contribution is -2.27. The van der Waals surface area contributed by atoms with Crippen LogP contribution in [0, 0.1) is 6.92 Å². The molecule has 0 aliphatic rings. The van der Waals surface area contributed by atoms with E-state index in [4.69, 9.17) is 9.84 Å². The number of carbonyl (C=O) groups excluding carboxylic acids is 1. The van der Waals surface area contributed by atoms with Crippen LogP contribution < -0.4 is 10.1 Å². The SMILES string of the molecule is COc1cc(CC(=O)NCCSCC(=O)O)ccc1C. The number of aliphatic carboxylic acids is 1. The van der Waals surface area contributed by atoms with Crippen molar-refractivity contribution in [2.75, 3.05) is 25.2 Å². The largest absolute Gasteiger partial charge is 0.496 e. The number of thioether (sulfide) groups is 1. The van der Waals surface area contributed by atoms with Gasteiger partial charge >= 0.3 is 5.97 Å². The number of rotatable bonds is 8. The summed E-state index contributed by atoms with van der Waals surface area (Å²) in [6.45, 7) is 2.42. The average molecular weight is 297 g/mol. The fourth-order valence-electron chi connectivity index (χ4n) is 1.64. The van der Waals surface area contributed by atoms with E-state index in [0.717, 1.165) is 16.9 Å². The zero-order valence-corrected chi connectivity index (χ0v) is 12.5. The van der Waals surface area contributed by atoms with Crippen molar-refractivity contribution >= 4 is 23.6 Å². The second-order valence-corrected chi connectivity index (χ2v) is 5.38. The number of carbonyl (C=O) groups is 2. The molecule has 0 aromatic heterocycles. The minimum Gasteiger partial charge on any atom is -0.496 e. The lowest BCUT2D eigenvalue weighted by molar-refractivity contribution is -0.133. The van der Waals surface area contributed by atoms with Crippen LogP contribution in [0.25, 0.3) is 0 Å². The molecule has 110 valence electrons. The second-order valence-electron chi connectivity index (χ2n) is 4.28. The van der Waals surface area contributed by atoms with E-state index in [2.05, 4.69) is 5.32 Å². The molecule has 1 aromatic rings. The van der Waals surface area contributed by atoms with Crippen molar-refractivity contribution in [3.8, 4) is 5.75 Å². The summed E-state index contributed by atoms with van der Waals surface area (Å²) in [7, 11) is 1.60. The molecule has 1 aromatic carbocycles. The third-order valence-electron chi connectivity index (χ3n) is 2.63. The Bertz CT molecular complexity index is 476. The predicted molar refractivity (Wildman–Crippen MR) is 79.4 cm³/mol. The summed E-state index contributed by atoms with van der Waals surface area (Å²) in [5, 5.41) is 11.2. The Morgan fingerprint density at radius 1 is 1.40 bits per heavy atom. The van der Waals surface area contributed by atoms with Gasteiger partial charge in [-0.05, 0) is 24.1 Å². The van der Waals surface area contributed by atoms with Crippen molar-refractivity contribution in [3.63, 3.8) is 0 Å². The van der Waals surface area contributed by atoms with Gasteiger partial charge in [0.15, 0.2) is 0 Å². The summed E-state index contributed by atoms with van der Waals surface area (Å²) in [6, 6.07) is 5.68. The lowest BCUT2D eigenvalue weighted by Gasteiger charge is -2.08. The highest BCUT2D eigenvalue weighted by atomic mass is 32.2. The molecule has 2 N–H and O–H groups in total. The topological polar surface area (TPSA) is 75.6 Å². The van der Waals surface area contributed by atoms with Gasteiger partial charge in [-0.1, -0.05) is 12.1 Å². The van der Waals surface area contributed by atoms with Crippen molar-refractivity contribution in [1.82, 2.24) is 5.32 Å². The smallest absolute Gasteiger partial charge is 0.313 e. The molecule has 0 bridgehead atoms. The van der Waals surface area contributed by atoms with Crippen LogP contribution in [-0.4, -0.2) is 42.1 Å². The van der Waals surface area contributed by atoms with E-state index in [1.165, 1.54) is 11.8 Å². The average Bonchev–Trinajstić information content (AvgIpc) is 2.40. The minimum absolute atomic E-state index is 0.0605. The Morgan fingerprint density at radius 2 is 2.15 bits per heavy atom. The lowest BCUT2D eigenvalue weighted by atomic mass is 10.1. The molecule has 1 rings (SSSR count). The van der Waals surface area contributed by atoms with Crippen LogP contribution in [0.5, 0.6) is 5.75 Å². The van der Waals surface area contributed by atoms with Crippen molar-refractivity contribution in [2.45, 2.75) is 13.3 Å². The molecule has 0 radical (unpaired) electrons. The first-order valence-corrected chi connectivity index (χ1v) is 7.38. The van der Waals surface area contributed by atoms with Gasteiger partial charge in [0.2, 0.25) is 5.91 Å². The Morgan fingerprint density at radius 3 is 2.80 bits per heavy atom. The minimum atomic E-state index is -0.840. The highest BCUT2D eigenvalue weighted by molar-refractivity contribution is 7.99. The summed E-state index contributed by atoms with van der Waals surface area (Å²) in [6.07, 6.45) is 0.292. The molecule has 0 aliphatic heterocycles. The molecule has 0 spiro atoms. The van der Waals surface area contributed by atoms with Gasteiger partial charge in [-0.25, -0.2) is 0 Å². The summed E-state index contributed by atoms with van der Waals surface area (Å²) >= 11 is 1.28. The molecule has 20 heavy (non-hydrogen) atoms. The quantitative estimate of drug-likeness (QED) is 0.711. The first kappa shape index (κ1) is 16.4. The highest BCUT2D eigenvalue weighted by Crippen LogP contribution is 2.19. The van der Waals surface area contributed by atoms with Gasteiger partial charge < -0.3 is 15.2 Å². The van der Waals surface area contributed by atoms with Gasteiger partial charge in [0.1, 0.15) is 5.75 Å². The van der Waals surface area contributed by atoms with Gasteiger partial charge in [-0.2, -0.15) is 0 Å². The Hall–Kier alpha value is -1.69. The molecular formula is C14H19NO4S. The van der Waals surface area contributed by atoms with Crippen LogP contribution in [0.3, 0.4) is 0 Å². The maximum absolute atomic E-state index is 11.7. The van der Waals surface area contributed by atoms with Gasteiger partial charge in [0.05, 0.1) is 19.3 Å². The molecule has 1 amide bonds. The van der Waals surface area contributed by atoms with E-state index < -0.39 is 5.97 Å². The molecule has 6 heteroatoms. The normalized spacial score (nSPS) is 10.1. The number of ether oxygens (including phenoxy) is 1. The summed E-state index contributed by atoms with van der Waals surface area (Å²) in [4.78, 5) is 22.0. The summed E-state index contributed by atoms with van der Waals surface area (Å²) < 4.78 is 5.21. The van der Waals surface area contributed by atoms with E-state index in [0.29, 0.717) is 18.7 Å². The summed E-state index contributed by atoms with van der Waals surface area (Å²) in [5.41, 5.74) is 1.92. The fourth-order valence-corrected chi connectivity index (χ4v) is 2.21. The van der Waals surface area contributed by atoms with Crippen LogP contribution in [-0.2, 0) is 16.0 Å². The van der Waals surface area contributed by atoms with Crippen LogP contribution in [0.15, 0.2) is 18.2 Å². The zero-order chi connectivity index (χ0) is 15.0. The van der Waals surface area contributed by atoms with Crippen molar-refractivity contribution in [3.05, 3.63) is 29.3 Å². The molecule has 0 fully saturated rings. The standard InChI is InChI=1S/C14H19NO4S/c1-10-3-4-11(7-12(10)19-2)8-13(16)15-5-6-20-9-14(17)18/h3-4,7H,5-6,8-9H2,1-2H3,(H,15,16)(H,17,18). The van der Waals surface area contributed by atoms with Gasteiger partial charge in [0.25, 0.3) is 0 Å². The van der Waals surface area contributed by atoms with Crippen LogP contribution in [0.2, 0.25) is 0 Å². The number of hydrogen-bond donors (Lipinski definition) is 2. The molecule has 0 aliphatic carbocycles. The maximum Gasteiger partial charge on any atom is 0.313 e. The molecule has 0 unspecified atom stereocenters. The number of nitrogens with one attached hydrogen (secondary N) is 1. The van der Waals surface area contributed by atoms with Crippen LogP contribution >= 0.6 is 11.8 Å². The Balaban J connectivity index is 2.33. The maximum atomic E-state index is 11.7. The Labute approximate surface area is 122 Å². The van der Waals surface area contributed by atoms with Gasteiger partial charge in [-0.15, -0.1) is 11.8 Å². The molecule has 0 heterocycles. The molecule has 0 atom stereocenters. The third-order valence-corrected chi connectivity index (χ3v) is 3.58. The number of carboxylic acids is 1. The molecule has 0 saturated carbocycles. The monoisotopic (exact) mass is 297 g/mol. The number of carboxylic acid groups (broad SMARTS) is 1. The van der Waals surface area contributed by atoms with E-state index in [1.54, 1.807) is 7.11 Å². The third kappa shape index (κ3) is 5.97. The number of amides is 1. The first-order chi connectivity index (χ1) is 9.52. The van der Waals surface area contributed by atoms with Crippen LogP contribution in [0.1, 0.15) is 11.1 Å².